The Morgan fingerprint density at radius 2 is 1.69 bits per heavy atom. The van der Waals surface area contributed by atoms with E-state index in [1.54, 1.807) is 12.1 Å². The Morgan fingerprint density at radius 1 is 1.00 bits per heavy atom. The summed E-state index contributed by atoms with van der Waals surface area (Å²) in [4.78, 5) is 35.5. The molecule has 0 spiro atoms. The molecule has 0 fully saturated rings. The van der Waals surface area contributed by atoms with Gasteiger partial charge in [0, 0.05) is 24.1 Å². The predicted molar refractivity (Wildman–Crippen MR) is 97.8 cm³/mol. The first-order valence-corrected chi connectivity index (χ1v) is 8.34. The number of amides is 2. The zero-order valence-corrected chi connectivity index (χ0v) is 14.9. The smallest absolute Gasteiger partial charge is 0.243 e. The van der Waals surface area contributed by atoms with Gasteiger partial charge in [-0.15, -0.1) is 0 Å². The highest BCUT2D eigenvalue weighted by molar-refractivity contribution is 6.31. The number of anilines is 1. The van der Waals surface area contributed by atoms with E-state index in [4.69, 9.17) is 11.6 Å². The van der Waals surface area contributed by atoms with Gasteiger partial charge >= 0.3 is 0 Å². The summed E-state index contributed by atoms with van der Waals surface area (Å²) in [5.74, 6) is -1.61. The second-order valence-corrected chi connectivity index (χ2v) is 6.15. The largest absolute Gasteiger partial charge is 0.347 e. The van der Waals surface area contributed by atoms with Crippen molar-refractivity contribution in [3.63, 3.8) is 0 Å². The fourth-order valence-corrected chi connectivity index (χ4v) is 2.34. The zero-order valence-electron chi connectivity index (χ0n) is 14.1. The van der Waals surface area contributed by atoms with Crippen molar-refractivity contribution in [2.24, 2.45) is 0 Å². The zero-order chi connectivity index (χ0) is 19.1. The summed E-state index contributed by atoms with van der Waals surface area (Å²) in [5.41, 5.74) is 1.92. The van der Waals surface area contributed by atoms with Crippen molar-refractivity contribution in [1.82, 2.24) is 5.32 Å². The Bertz CT molecular complexity index is 822. The molecule has 2 rings (SSSR count). The Balaban J connectivity index is 1.73. The van der Waals surface area contributed by atoms with E-state index in [0.29, 0.717) is 11.3 Å². The third-order valence-electron chi connectivity index (χ3n) is 3.60. The standard InChI is InChI=1S/C19H18ClFN2O3/c1-12-2-4-13(5-3-12)17(24)8-9-18(25)22-11-19(26)23-14-6-7-16(21)15(20)10-14/h2-7,10H,8-9,11H2,1H3,(H,22,25)(H,23,26). The van der Waals surface area contributed by atoms with Crippen molar-refractivity contribution >= 4 is 34.9 Å². The van der Waals surface area contributed by atoms with Gasteiger partial charge in [0.15, 0.2) is 5.78 Å². The van der Waals surface area contributed by atoms with E-state index in [1.807, 2.05) is 19.1 Å². The third kappa shape index (κ3) is 5.97. The van der Waals surface area contributed by atoms with Crippen molar-refractivity contribution < 1.29 is 18.8 Å². The molecule has 2 aromatic rings. The monoisotopic (exact) mass is 376 g/mol. The maximum absolute atomic E-state index is 13.1. The highest BCUT2D eigenvalue weighted by atomic mass is 35.5. The summed E-state index contributed by atoms with van der Waals surface area (Å²) in [5, 5.41) is 4.81. The second-order valence-electron chi connectivity index (χ2n) is 5.74. The number of nitrogens with one attached hydrogen (secondary N) is 2. The topological polar surface area (TPSA) is 75.3 Å². The van der Waals surface area contributed by atoms with Crippen LogP contribution in [-0.4, -0.2) is 24.1 Å². The SMILES string of the molecule is Cc1ccc(C(=O)CCC(=O)NCC(=O)Nc2ccc(F)c(Cl)c2)cc1. The maximum Gasteiger partial charge on any atom is 0.243 e. The van der Waals surface area contributed by atoms with Crippen molar-refractivity contribution in [3.8, 4) is 0 Å². The molecule has 0 saturated heterocycles. The number of benzene rings is 2. The van der Waals surface area contributed by atoms with Crippen LogP contribution in [0.3, 0.4) is 0 Å². The number of hydrogen-bond acceptors (Lipinski definition) is 3. The average Bonchev–Trinajstić information content (AvgIpc) is 2.61. The maximum atomic E-state index is 13.1. The molecule has 136 valence electrons. The minimum Gasteiger partial charge on any atom is -0.347 e. The first-order chi connectivity index (χ1) is 12.3. The summed E-state index contributed by atoms with van der Waals surface area (Å²) in [6.07, 6.45) is 0.0481. The van der Waals surface area contributed by atoms with Crippen LogP contribution in [0.25, 0.3) is 0 Å². The van der Waals surface area contributed by atoms with Crippen LogP contribution >= 0.6 is 11.6 Å². The van der Waals surface area contributed by atoms with E-state index in [1.165, 1.54) is 12.1 Å². The highest BCUT2D eigenvalue weighted by Crippen LogP contribution is 2.19. The number of aryl methyl sites for hydroxylation is 1. The van der Waals surface area contributed by atoms with Gasteiger partial charge in [-0.2, -0.15) is 0 Å². The van der Waals surface area contributed by atoms with Crippen LogP contribution < -0.4 is 10.6 Å². The molecule has 0 radical (unpaired) electrons. The van der Waals surface area contributed by atoms with Crippen LogP contribution in [0.2, 0.25) is 5.02 Å². The molecule has 0 bridgehead atoms. The molecule has 26 heavy (non-hydrogen) atoms. The number of rotatable bonds is 7. The average molecular weight is 377 g/mol. The van der Waals surface area contributed by atoms with E-state index in [-0.39, 0.29) is 30.2 Å². The summed E-state index contributed by atoms with van der Waals surface area (Å²) < 4.78 is 13.1. The van der Waals surface area contributed by atoms with Gasteiger partial charge in [0.25, 0.3) is 0 Å². The van der Waals surface area contributed by atoms with Gasteiger partial charge in [0.2, 0.25) is 11.8 Å². The molecule has 2 N–H and O–H groups in total. The number of hydrogen-bond donors (Lipinski definition) is 2. The predicted octanol–water partition coefficient (Wildman–Crippen LogP) is 3.51. The molecule has 0 atom stereocenters. The Labute approximate surface area is 155 Å². The van der Waals surface area contributed by atoms with Crippen molar-refractivity contribution in [1.29, 1.82) is 0 Å². The molecule has 5 nitrogen and oxygen atoms in total. The number of ketones is 1. The van der Waals surface area contributed by atoms with Gasteiger partial charge in [-0.05, 0) is 25.1 Å². The Morgan fingerprint density at radius 3 is 2.35 bits per heavy atom. The van der Waals surface area contributed by atoms with E-state index in [9.17, 15) is 18.8 Å². The molecule has 0 saturated carbocycles. The van der Waals surface area contributed by atoms with Gasteiger partial charge in [-0.25, -0.2) is 4.39 Å². The minimum absolute atomic E-state index is 0.0115. The van der Waals surface area contributed by atoms with Gasteiger partial charge in [-0.3, -0.25) is 14.4 Å². The molecule has 2 amide bonds. The Hall–Kier alpha value is -2.73. The minimum atomic E-state index is -0.587. The molecular formula is C19H18ClFN2O3. The van der Waals surface area contributed by atoms with E-state index in [2.05, 4.69) is 10.6 Å². The lowest BCUT2D eigenvalue weighted by molar-refractivity contribution is -0.124. The van der Waals surface area contributed by atoms with Crippen LogP contribution in [0.15, 0.2) is 42.5 Å². The summed E-state index contributed by atoms with van der Waals surface area (Å²) >= 11 is 5.63. The molecule has 0 heterocycles. The number of carbonyl (C=O) groups excluding carboxylic acids is 3. The lowest BCUT2D eigenvalue weighted by atomic mass is 10.1. The molecule has 7 heteroatoms. The fraction of sp³-hybridized carbons (Fsp3) is 0.211. The quantitative estimate of drug-likeness (QED) is 0.726. The summed E-state index contributed by atoms with van der Waals surface area (Å²) in [7, 11) is 0. The molecular weight excluding hydrogens is 359 g/mol. The van der Waals surface area contributed by atoms with Gasteiger partial charge in [-0.1, -0.05) is 41.4 Å². The normalized spacial score (nSPS) is 10.3. The van der Waals surface area contributed by atoms with E-state index >= 15 is 0 Å². The van der Waals surface area contributed by atoms with Crippen LogP contribution in [0.1, 0.15) is 28.8 Å². The number of carbonyl (C=O) groups is 3. The van der Waals surface area contributed by atoms with Crippen LogP contribution in [0.5, 0.6) is 0 Å². The van der Waals surface area contributed by atoms with Crippen LogP contribution in [-0.2, 0) is 9.59 Å². The van der Waals surface area contributed by atoms with E-state index < -0.39 is 17.6 Å². The van der Waals surface area contributed by atoms with Crippen molar-refractivity contribution in [2.75, 3.05) is 11.9 Å². The first-order valence-electron chi connectivity index (χ1n) is 7.96. The summed E-state index contributed by atoms with van der Waals surface area (Å²) in [6, 6.07) is 10.9. The fourth-order valence-electron chi connectivity index (χ4n) is 2.16. The lowest BCUT2D eigenvalue weighted by Gasteiger charge is -2.07. The summed E-state index contributed by atoms with van der Waals surface area (Å²) in [6.45, 7) is 1.67. The number of halogens is 2. The van der Waals surface area contributed by atoms with Crippen molar-refractivity contribution in [2.45, 2.75) is 19.8 Å². The van der Waals surface area contributed by atoms with Gasteiger partial charge in [0.05, 0.1) is 11.6 Å². The molecule has 0 aliphatic rings. The van der Waals surface area contributed by atoms with Crippen LogP contribution in [0.4, 0.5) is 10.1 Å². The van der Waals surface area contributed by atoms with Crippen molar-refractivity contribution in [3.05, 3.63) is 64.4 Å². The van der Waals surface area contributed by atoms with E-state index in [0.717, 1.165) is 11.6 Å². The molecule has 0 aliphatic heterocycles. The lowest BCUT2D eigenvalue weighted by Crippen LogP contribution is -2.33. The highest BCUT2D eigenvalue weighted by Gasteiger charge is 2.11. The third-order valence-corrected chi connectivity index (χ3v) is 3.89. The van der Waals surface area contributed by atoms with Gasteiger partial charge < -0.3 is 10.6 Å². The Kier molecular flexibility index (Phi) is 6.86. The second kappa shape index (κ2) is 9.10. The molecule has 0 aromatic heterocycles. The molecule has 2 aromatic carbocycles. The van der Waals surface area contributed by atoms with Crippen LogP contribution in [0, 0.1) is 12.7 Å². The molecule has 0 unspecified atom stereocenters. The molecule has 0 aliphatic carbocycles. The van der Waals surface area contributed by atoms with Gasteiger partial charge in [0.1, 0.15) is 5.82 Å². The number of Topliss-reactive ketones (excluding diaryl/α,β-unsaturated/α-hetero) is 1. The first kappa shape index (κ1) is 19.6.